The summed E-state index contributed by atoms with van der Waals surface area (Å²) in [5, 5.41) is 0. The van der Waals surface area contributed by atoms with E-state index >= 15 is 0 Å². The van der Waals surface area contributed by atoms with Gasteiger partial charge < -0.3 is 0 Å². The maximum Gasteiger partial charge on any atom is 0.0116 e. The normalized spacial score (nSPS) is 6.50. The van der Waals surface area contributed by atoms with Gasteiger partial charge in [-0.3, -0.25) is 0 Å². The molecule has 0 amide bonds. The van der Waals surface area contributed by atoms with E-state index in [0.717, 1.165) is 22.0 Å². The van der Waals surface area contributed by atoms with E-state index in [0.29, 0.717) is 0 Å². The van der Waals surface area contributed by atoms with Gasteiger partial charge in [0.15, 0.2) is 0 Å². The van der Waals surface area contributed by atoms with Crippen LogP contribution in [0.1, 0.15) is 0 Å². The molecule has 8 heavy (non-hydrogen) atoms. The van der Waals surface area contributed by atoms with E-state index in [9.17, 15) is 0 Å². The maximum atomic E-state index is 7.65. The van der Waals surface area contributed by atoms with Crippen molar-refractivity contribution in [2.24, 2.45) is 9.04 Å². The first-order chi connectivity index (χ1) is 3.91. The van der Waals surface area contributed by atoms with Gasteiger partial charge in [0, 0.05) is 31.8 Å². The molecule has 0 unspecified atom stereocenters. The van der Waals surface area contributed by atoms with Crippen LogP contribution in [0.5, 0.6) is 0 Å². The first-order valence-corrected chi connectivity index (χ1v) is 3.40. The largest absolute Gasteiger partial charge is 0.0189 e. The number of hydrogen-bond donors (Lipinski definition) is 0. The van der Waals surface area contributed by atoms with Gasteiger partial charge in [0.1, 0.15) is 0 Å². The van der Waals surface area contributed by atoms with Crippen molar-refractivity contribution in [3.8, 4) is 0 Å². The van der Waals surface area contributed by atoms with E-state index in [4.69, 9.17) is 11.1 Å². The molecular formula is N6S2. The summed E-state index contributed by atoms with van der Waals surface area (Å²) in [5.41, 5.74) is 15.3. The molecule has 0 aromatic carbocycles. The average molecular weight is 148 g/mol. The molecular weight excluding hydrogens is 148 g/mol. The molecule has 8 heteroatoms. The molecule has 0 saturated carbocycles. The molecule has 6 nitrogen and oxygen atoms in total. The lowest BCUT2D eigenvalue weighted by molar-refractivity contribution is 1.81. The van der Waals surface area contributed by atoms with Crippen LogP contribution < -0.4 is 0 Å². The smallest absolute Gasteiger partial charge is 0.0116 e. The van der Waals surface area contributed by atoms with Gasteiger partial charge in [-0.15, -0.1) is 0 Å². The predicted molar refractivity (Wildman–Crippen MR) is 33.5 cm³/mol. The topological polar surface area (TPSA) is 97.5 Å². The van der Waals surface area contributed by atoms with E-state index in [-0.39, 0.29) is 0 Å². The summed E-state index contributed by atoms with van der Waals surface area (Å²) in [6, 6.07) is 0. The lowest BCUT2D eigenvalue weighted by atomic mass is 13.0. The highest BCUT2D eigenvalue weighted by Gasteiger charge is 1.73. The van der Waals surface area contributed by atoms with Crippen LogP contribution >= 0.6 is 22.0 Å². The second-order valence-corrected chi connectivity index (χ2v) is 2.01. The quantitative estimate of drug-likeness (QED) is 0.153. The van der Waals surface area contributed by atoms with Gasteiger partial charge in [0.2, 0.25) is 0 Å². The Balaban J connectivity index is 3.18. The number of hydrogen-bond acceptors (Lipinski definition) is 4. The molecule has 0 bridgehead atoms. The van der Waals surface area contributed by atoms with Crippen LogP contribution in [0.4, 0.5) is 0 Å². The van der Waals surface area contributed by atoms with Gasteiger partial charge in [-0.1, -0.05) is 0 Å². The minimum absolute atomic E-state index is 0.782. The molecule has 0 fully saturated rings. The first-order valence-electron chi connectivity index (χ1n) is 1.33. The molecule has 0 aromatic rings. The van der Waals surface area contributed by atoms with Crippen molar-refractivity contribution in [2.75, 3.05) is 0 Å². The average Bonchev–Trinajstić information content (AvgIpc) is 1.81. The third-order valence-corrected chi connectivity index (χ3v) is 1.12. The standard InChI is InChI=1S/N6S2/c1-3-5-7-8-6-4-2. The van der Waals surface area contributed by atoms with Crippen molar-refractivity contribution in [3.63, 3.8) is 0 Å². The van der Waals surface area contributed by atoms with Crippen LogP contribution in [0.15, 0.2) is 9.04 Å². The second-order valence-electron chi connectivity index (χ2n) is 0.491. The molecule has 0 atom stereocenters. The summed E-state index contributed by atoms with van der Waals surface area (Å²) in [7, 11) is 1.56. The molecule has 0 aliphatic rings. The third-order valence-electron chi connectivity index (χ3n) is 0.173. The Labute approximate surface area is 52.6 Å². The summed E-state index contributed by atoms with van der Waals surface area (Å²) in [4.78, 5) is 4.78. The fraction of sp³-hybridized carbons (Fsp3) is 0. The summed E-state index contributed by atoms with van der Waals surface area (Å²) in [6.45, 7) is 0. The molecule has 0 aliphatic carbocycles. The summed E-state index contributed by atoms with van der Waals surface area (Å²) >= 11 is 0. The van der Waals surface area contributed by atoms with E-state index < -0.39 is 0 Å². The first kappa shape index (κ1) is 7.32. The monoisotopic (exact) mass is 148 g/mol. The van der Waals surface area contributed by atoms with Gasteiger partial charge >= 0.3 is 0 Å². The molecule has 0 N–H and O–H groups in total. The van der Waals surface area contributed by atoms with Crippen LogP contribution in [0.2, 0.25) is 0 Å². The van der Waals surface area contributed by atoms with Crippen molar-refractivity contribution in [3.05, 3.63) is 20.9 Å². The number of azide groups is 2. The van der Waals surface area contributed by atoms with Crippen LogP contribution in [-0.2, 0) is 0 Å². The van der Waals surface area contributed by atoms with Crippen LogP contribution in [0.25, 0.3) is 20.9 Å². The lowest BCUT2D eigenvalue weighted by Crippen LogP contribution is -1.28. The highest BCUT2D eigenvalue weighted by Crippen LogP contribution is 2.23. The van der Waals surface area contributed by atoms with Crippen LogP contribution in [0.3, 0.4) is 0 Å². The van der Waals surface area contributed by atoms with E-state index in [2.05, 4.69) is 18.9 Å². The fourth-order valence-electron chi connectivity index (χ4n) is 0.0596. The van der Waals surface area contributed by atoms with Crippen molar-refractivity contribution in [1.82, 2.24) is 0 Å². The zero-order valence-electron chi connectivity index (χ0n) is 3.50. The minimum atomic E-state index is 0.782. The van der Waals surface area contributed by atoms with Crippen molar-refractivity contribution in [2.45, 2.75) is 0 Å². The Hall–Kier alpha value is -0.680. The molecule has 0 radical (unpaired) electrons. The molecule has 0 spiro atoms. The number of rotatable bonds is 3. The Morgan fingerprint density at radius 1 is 1.00 bits per heavy atom. The zero-order chi connectivity index (χ0) is 6.24. The molecule has 0 saturated heterocycles. The van der Waals surface area contributed by atoms with Crippen molar-refractivity contribution in [1.29, 1.82) is 0 Å². The van der Waals surface area contributed by atoms with Crippen LogP contribution in [0, 0.1) is 0 Å². The number of nitrogens with zero attached hydrogens (tertiary/aromatic N) is 6. The Bertz CT molecular complexity index is 119. The zero-order valence-corrected chi connectivity index (χ0v) is 5.13. The maximum absolute atomic E-state index is 7.65. The second kappa shape index (κ2) is 6.32. The lowest BCUT2D eigenvalue weighted by Gasteiger charge is -1.72. The van der Waals surface area contributed by atoms with E-state index in [1.807, 2.05) is 0 Å². The molecule has 0 rings (SSSR count). The van der Waals surface area contributed by atoms with Crippen molar-refractivity contribution >= 4 is 22.0 Å². The third kappa shape index (κ3) is 5.32. The predicted octanol–water partition coefficient (Wildman–Crippen LogP) is 2.82. The van der Waals surface area contributed by atoms with Gasteiger partial charge in [-0.05, 0) is 20.1 Å². The van der Waals surface area contributed by atoms with E-state index in [1.54, 1.807) is 0 Å². The highest BCUT2D eigenvalue weighted by molar-refractivity contribution is 8.75. The summed E-state index contributed by atoms with van der Waals surface area (Å²) in [5.74, 6) is 0. The molecule has 0 aromatic heterocycles. The highest BCUT2D eigenvalue weighted by atomic mass is 33.1. The summed E-state index contributed by atoms with van der Waals surface area (Å²) < 4.78 is 6.01. The summed E-state index contributed by atoms with van der Waals surface area (Å²) in [6.07, 6.45) is 0. The van der Waals surface area contributed by atoms with Crippen LogP contribution in [-0.4, -0.2) is 0 Å². The van der Waals surface area contributed by atoms with Crippen molar-refractivity contribution < 1.29 is 0 Å². The van der Waals surface area contributed by atoms with Gasteiger partial charge in [-0.25, -0.2) is 0 Å². The Morgan fingerprint density at radius 3 is 1.62 bits per heavy atom. The Morgan fingerprint density at radius 2 is 1.38 bits per heavy atom. The molecule has 42 valence electrons. The molecule has 0 heterocycles. The fourth-order valence-corrected chi connectivity index (χ4v) is 0.537. The SMILES string of the molecule is [N-]=[N+]=NSSN=[N+]=[N-]. The van der Waals surface area contributed by atoms with Gasteiger partial charge in [0.25, 0.3) is 0 Å². The van der Waals surface area contributed by atoms with Gasteiger partial charge in [0.05, 0.1) is 0 Å². The molecule has 0 aliphatic heterocycles. The van der Waals surface area contributed by atoms with Gasteiger partial charge in [-0.2, -0.15) is 0 Å². The van der Waals surface area contributed by atoms with E-state index in [1.165, 1.54) is 0 Å². The minimum Gasteiger partial charge on any atom is -0.0189 e. The Kier molecular flexibility index (Phi) is 5.78.